The number of aromatic nitrogens is 3. The summed E-state index contributed by atoms with van der Waals surface area (Å²) in [6, 6.07) is 12.9. The third-order valence-corrected chi connectivity index (χ3v) is 8.54. The first-order valence-corrected chi connectivity index (χ1v) is 13.0. The van der Waals surface area contributed by atoms with Crippen molar-refractivity contribution in [2.45, 2.75) is 37.1 Å². The highest BCUT2D eigenvalue weighted by Gasteiger charge is 2.31. The minimum atomic E-state index is -3.56. The molecule has 2 heterocycles. The molecule has 34 heavy (non-hydrogen) atoms. The van der Waals surface area contributed by atoms with Crippen molar-refractivity contribution in [2.24, 2.45) is 0 Å². The second kappa shape index (κ2) is 9.19. The molecule has 1 saturated heterocycles. The summed E-state index contributed by atoms with van der Waals surface area (Å²) in [5, 5.41) is 7.13. The van der Waals surface area contributed by atoms with Gasteiger partial charge >= 0.3 is 6.03 Å². The summed E-state index contributed by atoms with van der Waals surface area (Å²) >= 11 is 0. The molecule has 0 spiro atoms. The first-order valence-electron chi connectivity index (χ1n) is 11.5. The molecule has 2 amide bonds. The molecule has 0 saturated carbocycles. The number of hydrogen-bond acceptors (Lipinski definition) is 5. The standard InChI is InChI=1S/C24H28N6O3S/c1-18(19-5-8-22(9-6-19)30-17-25-16-26-30)27-24(31)28-11-13-29(14-12-28)34(32,33)23-10-7-20-3-2-4-21(20)15-23/h5-10,15-18H,2-4,11-14H2,1H3,(H,27,31)/t18-/m0/s1. The van der Waals surface area contributed by atoms with Crippen LogP contribution in [0.2, 0.25) is 0 Å². The van der Waals surface area contributed by atoms with Crippen molar-refractivity contribution in [1.29, 1.82) is 0 Å². The molecule has 2 aliphatic rings. The number of nitrogens with one attached hydrogen (secondary N) is 1. The lowest BCUT2D eigenvalue weighted by atomic mass is 10.1. The average molecular weight is 481 g/mol. The minimum absolute atomic E-state index is 0.189. The zero-order valence-electron chi connectivity index (χ0n) is 19.1. The molecule has 1 fully saturated rings. The van der Waals surface area contributed by atoms with Gasteiger partial charge in [-0.2, -0.15) is 9.40 Å². The Labute approximate surface area is 199 Å². The Morgan fingerprint density at radius 1 is 1.00 bits per heavy atom. The topological polar surface area (TPSA) is 100 Å². The highest BCUT2D eigenvalue weighted by Crippen LogP contribution is 2.27. The third kappa shape index (κ3) is 4.43. The van der Waals surface area contributed by atoms with Gasteiger partial charge in [0.2, 0.25) is 10.0 Å². The molecule has 9 nitrogen and oxygen atoms in total. The van der Waals surface area contributed by atoms with E-state index in [4.69, 9.17) is 0 Å². The number of aryl methyl sites for hydroxylation is 2. The van der Waals surface area contributed by atoms with Gasteiger partial charge in [-0.05, 0) is 67.1 Å². The number of rotatable bonds is 5. The van der Waals surface area contributed by atoms with Gasteiger partial charge in [0, 0.05) is 26.2 Å². The number of nitrogens with zero attached hydrogens (tertiary/aromatic N) is 5. The largest absolute Gasteiger partial charge is 0.331 e. The molecular weight excluding hydrogens is 452 g/mol. The number of carbonyl (C=O) groups is 1. The summed E-state index contributed by atoms with van der Waals surface area (Å²) in [7, 11) is -3.56. The maximum atomic E-state index is 13.1. The summed E-state index contributed by atoms with van der Waals surface area (Å²) in [4.78, 5) is 18.8. The zero-order valence-corrected chi connectivity index (χ0v) is 19.9. The second-order valence-electron chi connectivity index (χ2n) is 8.78. The Kier molecular flexibility index (Phi) is 6.09. The Balaban J connectivity index is 1.17. The van der Waals surface area contributed by atoms with E-state index in [2.05, 4.69) is 15.4 Å². The van der Waals surface area contributed by atoms with Gasteiger partial charge in [-0.15, -0.1) is 0 Å². The summed E-state index contributed by atoms with van der Waals surface area (Å²) in [5.41, 5.74) is 4.25. The number of benzene rings is 2. The quantitative estimate of drug-likeness (QED) is 0.605. The molecule has 3 aromatic rings. The zero-order chi connectivity index (χ0) is 23.7. The maximum Gasteiger partial charge on any atom is 0.317 e. The van der Waals surface area contributed by atoms with Crippen molar-refractivity contribution in [3.05, 3.63) is 71.8 Å². The van der Waals surface area contributed by atoms with E-state index in [-0.39, 0.29) is 25.2 Å². The molecule has 1 aliphatic carbocycles. The van der Waals surface area contributed by atoms with Gasteiger partial charge in [-0.25, -0.2) is 22.9 Å². The van der Waals surface area contributed by atoms with E-state index in [9.17, 15) is 13.2 Å². The van der Waals surface area contributed by atoms with Gasteiger partial charge in [0.25, 0.3) is 0 Å². The lowest BCUT2D eigenvalue weighted by Gasteiger charge is -2.34. The molecule has 0 bridgehead atoms. The van der Waals surface area contributed by atoms with Crippen LogP contribution in [0.1, 0.15) is 36.1 Å². The molecular formula is C24H28N6O3S. The summed E-state index contributed by atoms with van der Waals surface area (Å²) in [6.07, 6.45) is 6.15. The molecule has 2 aromatic carbocycles. The molecule has 0 radical (unpaired) electrons. The van der Waals surface area contributed by atoms with Crippen LogP contribution in [0.15, 0.2) is 60.0 Å². The molecule has 178 valence electrons. The summed E-state index contributed by atoms with van der Waals surface area (Å²) in [6.45, 7) is 3.21. The molecule has 1 aromatic heterocycles. The summed E-state index contributed by atoms with van der Waals surface area (Å²) in [5.74, 6) is 0. The van der Waals surface area contributed by atoms with Crippen LogP contribution in [0.25, 0.3) is 5.69 Å². The lowest BCUT2D eigenvalue weighted by Crippen LogP contribution is -2.53. The van der Waals surface area contributed by atoms with Crippen molar-refractivity contribution >= 4 is 16.1 Å². The van der Waals surface area contributed by atoms with Crippen molar-refractivity contribution in [3.63, 3.8) is 0 Å². The van der Waals surface area contributed by atoms with Gasteiger partial charge in [0.05, 0.1) is 16.6 Å². The van der Waals surface area contributed by atoms with Gasteiger partial charge in [0.15, 0.2) is 0 Å². The van der Waals surface area contributed by atoms with Crippen molar-refractivity contribution in [3.8, 4) is 5.69 Å². The Morgan fingerprint density at radius 2 is 1.74 bits per heavy atom. The van der Waals surface area contributed by atoms with E-state index < -0.39 is 10.0 Å². The molecule has 1 aliphatic heterocycles. The van der Waals surface area contributed by atoms with Crippen LogP contribution in [0.4, 0.5) is 4.79 Å². The minimum Gasteiger partial charge on any atom is -0.331 e. The molecule has 10 heteroatoms. The van der Waals surface area contributed by atoms with Crippen molar-refractivity contribution in [1.82, 2.24) is 29.3 Å². The molecule has 0 unspecified atom stereocenters. The van der Waals surface area contributed by atoms with Crippen LogP contribution < -0.4 is 5.32 Å². The van der Waals surface area contributed by atoms with Crippen LogP contribution in [-0.4, -0.2) is 64.6 Å². The van der Waals surface area contributed by atoms with Gasteiger partial charge in [0.1, 0.15) is 12.7 Å². The van der Waals surface area contributed by atoms with E-state index in [1.165, 1.54) is 16.2 Å². The smallest absolute Gasteiger partial charge is 0.317 e. The number of amides is 2. The van der Waals surface area contributed by atoms with Gasteiger partial charge < -0.3 is 10.2 Å². The van der Waals surface area contributed by atoms with E-state index in [1.54, 1.807) is 22.0 Å². The number of piperazine rings is 1. The number of hydrogen-bond donors (Lipinski definition) is 1. The van der Waals surface area contributed by atoms with E-state index >= 15 is 0 Å². The number of urea groups is 1. The Bertz CT molecular complexity index is 1270. The summed E-state index contributed by atoms with van der Waals surface area (Å²) < 4.78 is 29.4. The van der Waals surface area contributed by atoms with Gasteiger partial charge in [-0.1, -0.05) is 18.2 Å². The van der Waals surface area contributed by atoms with Crippen LogP contribution >= 0.6 is 0 Å². The normalized spacial score (nSPS) is 17.4. The molecule has 1 N–H and O–H groups in total. The Morgan fingerprint density at radius 3 is 2.44 bits per heavy atom. The fourth-order valence-electron chi connectivity index (χ4n) is 4.61. The fraction of sp³-hybridized carbons (Fsp3) is 0.375. The SMILES string of the molecule is C[C@H](NC(=O)N1CCN(S(=O)(=O)c2ccc3c(c2)CCC3)CC1)c1ccc(-n2cncn2)cc1. The van der Waals surface area contributed by atoms with Crippen molar-refractivity contribution in [2.75, 3.05) is 26.2 Å². The number of sulfonamides is 1. The highest BCUT2D eigenvalue weighted by molar-refractivity contribution is 7.89. The number of carbonyl (C=O) groups excluding carboxylic acids is 1. The van der Waals surface area contributed by atoms with Crippen molar-refractivity contribution < 1.29 is 13.2 Å². The second-order valence-corrected chi connectivity index (χ2v) is 10.7. The monoisotopic (exact) mass is 480 g/mol. The molecule has 1 atom stereocenters. The predicted molar refractivity (Wildman–Crippen MR) is 127 cm³/mol. The highest BCUT2D eigenvalue weighted by atomic mass is 32.2. The number of fused-ring (bicyclic) bond motifs is 1. The van der Waals surface area contributed by atoms with Gasteiger partial charge in [-0.3, -0.25) is 0 Å². The first-order chi connectivity index (χ1) is 16.4. The Hall–Kier alpha value is -3.24. The van der Waals surface area contributed by atoms with Crippen LogP contribution in [0.3, 0.4) is 0 Å². The average Bonchev–Trinajstić information content (AvgIpc) is 3.56. The predicted octanol–water partition coefficient (Wildman–Crippen LogP) is 2.53. The van der Waals surface area contributed by atoms with Crippen LogP contribution in [-0.2, 0) is 22.9 Å². The first kappa shape index (κ1) is 22.5. The van der Waals surface area contributed by atoms with Crippen LogP contribution in [0.5, 0.6) is 0 Å². The maximum absolute atomic E-state index is 13.1. The fourth-order valence-corrected chi connectivity index (χ4v) is 6.08. The van der Waals surface area contributed by atoms with E-state index in [1.807, 2.05) is 43.3 Å². The third-order valence-electron chi connectivity index (χ3n) is 6.65. The van der Waals surface area contributed by atoms with E-state index in [0.29, 0.717) is 18.0 Å². The van der Waals surface area contributed by atoms with Crippen LogP contribution in [0, 0.1) is 0 Å². The van der Waals surface area contributed by atoms with E-state index in [0.717, 1.165) is 36.1 Å². The lowest BCUT2D eigenvalue weighted by molar-refractivity contribution is 0.169. The molecule has 5 rings (SSSR count).